The Morgan fingerprint density at radius 1 is 1.16 bits per heavy atom. The highest BCUT2D eigenvalue weighted by Gasteiger charge is 2.49. The average Bonchev–Trinajstić information content (AvgIpc) is 3.36. The van der Waals surface area contributed by atoms with Gasteiger partial charge in [0.25, 0.3) is 0 Å². The van der Waals surface area contributed by atoms with E-state index in [1.54, 1.807) is 17.0 Å². The van der Waals surface area contributed by atoms with Crippen molar-refractivity contribution >= 4 is 17.3 Å². The molecule has 1 N–H and O–H groups in total. The van der Waals surface area contributed by atoms with Gasteiger partial charge in [0.1, 0.15) is 0 Å². The molecule has 2 aliphatic heterocycles. The van der Waals surface area contributed by atoms with E-state index in [4.69, 9.17) is 0 Å². The van der Waals surface area contributed by atoms with E-state index in [1.165, 1.54) is 6.07 Å². The highest BCUT2D eigenvalue weighted by Crippen LogP contribution is 2.45. The van der Waals surface area contributed by atoms with Crippen molar-refractivity contribution in [1.82, 2.24) is 10.3 Å². The molecule has 3 aliphatic rings. The first kappa shape index (κ1) is 16.4. The molecule has 2 atom stereocenters. The molecule has 1 unspecified atom stereocenters. The number of rotatable bonds is 2. The predicted molar refractivity (Wildman–Crippen MR) is 87.4 cm³/mol. The third kappa shape index (κ3) is 2.99. The standard InChI is InChI=1S/C17H19F3N4O/c1-23-4-6-24(7-5-23)14-3-2-10(8-13(14)17(18,19)20)15-11-9-12(11)16(25)22-21-15/h2-3,8,11-12H,4-7,9H2,1H3,(H,22,25)/t11-,12?/m1/s1. The molecule has 1 amide bonds. The maximum Gasteiger partial charge on any atom is 0.418 e. The van der Waals surface area contributed by atoms with E-state index >= 15 is 0 Å². The lowest BCUT2D eigenvalue weighted by Gasteiger charge is -2.35. The predicted octanol–water partition coefficient (Wildman–Crippen LogP) is 1.93. The zero-order chi connectivity index (χ0) is 17.8. The second-order valence-electron chi connectivity index (χ2n) is 6.94. The number of carbonyl (C=O) groups excluding carboxylic acids is 1. The summed E-state index contributed by atoms with van der Waals surface area (Å²) in [5, 5.41) is 4.01. The first-order chi connectivity index (χ1) is 11.8. The van der Waals surface area contributed by atoms with Gasteiger partial charge in [0.15, 0.2) is 0 Å². The third-order valence-electron chi connectivity index (χ3n) is 5.21. The molecule has 1 aliphatic carbocycles. The number of hydrazone groups is 1. The van der Waals surface area contributed by atoms with Crippen LogP contribution in [0.5, 0.6) is 0 Å². The van der Waals surface area contributed by atoms with Gasteiger partial charge < -0.3 is 9.80 Å². The van der Waals surface area contributed by atoms with Gasteiger partial charge in [0.05, 0.1) is 11.3 Å². The lowest BCUT2D eigenvalue weighted by molar-refractivity contribution is -0.137. The summed E-state index contributed by atoms with van der Waals surface area (Å²) in [5.74, 6) is -0.331. The lowest BCUT2D eigenvalue weighted by Crippen LogP contribution is -2.45. The molecule has 0 aromatic heterocycles. The minimum absolute atomic E-state index is 0.0516. The van der Waals surface area contributed by atoms with Gasteiger partial charge in [-0.25, -0.2) is 5.43 Å². The first-order valence-corrected chi connectivity index (χ1v) is 8.37. The molecule has 1 saturated heterocycles. The van der Waals surface area contributed by atoms with Crippen LogP contribution in [-0.2, 0) is 11.0 Å². The number of halogens is 3. The lowest BCUT2D eigenvalue weighted by atomic mass is 9.99. The van der Waals surface area contributed by atoms with Crippen molar-refractivity contribution in [2.45, 2.75) is 12.6 Å². The van der Waals surface area contributed by atoms with Crippen LogP contribution in [0.2, 0.25) is 0 Å². The van der Waals surface area contributed by atoms with E-state index in [9.17, 15) is 18.0 Å². The van der Waals surface area contributed by atoms with Gasteiger partial charge in [-0.1, -0.05) is 6.07 Å². The molecule has 5 nitrogen and oxygen atoms in total. The third-order valence-corrected chi connectivity index (χ3v) is 5.21. The molecule has 2 fully saturated rings. The highest BCUT2D eigenvalue weighted by molar-refractivity contribution is 6.09. The number of nitrogens with zero attached hydrogens (tertiary/aromatic N) is 3. The maximum atomic E-state index is 13.7. The summed E-state index contributed by atoms with van der Waals surface area (Å²) < 4.78 is 41.0. The van der Waals surface area contributed by atoms with Crippen LogP contribution in [0.4, 0.5) is 18.9 Å². The van der Waals surface area contributed by atoms with Gasteiger partial charge in [0, 0.05) is 43.7 Å². The Morgan fingerprint density at radius 3 is 2.56 bits per heavy atom. The van der Waals surface area contributed by atoms with E-state index in [0.29, 0.717) is 30.8 Å². The number of benzene rings is 1. The van der Waals surface area contributed by atoms with Crippen molar-refractivity contribution in [1.29, 1.82) is 0 Å². The van der Waals surface area contributed by atoms with Crippen molar-refractivity contribution in [2.24, 2.45) is 16.9 Å². The van der Waals surface area contributed by atoms with Gasteiger partial charge in [-0.15, -0.1) is 0 Å². The number of alkyl halides is 3. The number of hydrogen-bond donors (Lipinski definition) is 1. The second kappa shape index (κ2) is 5.72. The van der Waals surface area contributed by atoms with E-state index in [-0.39, 0.29) is 23.4 Å². The van der Waals surface area contributed by atoms with Crippen LogP contribution in [0.1, 0.15) is 17.5 Å². The molecular formula is C17H19F3N4O. The van der Waals surface area contributed by atoms with Gasteiger partial charge in [-0.3, -0.25) is 4.79 Å². The van der Waals surface area contributed by atoms with Gasteiger partial charge in [0.2, 0.25) is 5.91 Å². The van der Waals surface area contributed by atoms with Crippen LogP contribution in [0.3, 0.4) is 0 Å². The number of piperazine rings is 1. The van der Waals surface area contributed by atoms with Crippen molar-refractivity contribution in [3.8, 4) is 0 Å². The van der Waals surface area contributed by atoms with Gasteiger partial charge in [-0.05, 0) is 31.2 Å². The Balaban J connectivity index is 1.69. The Kier molecular flexibility index (Phi) is 3.75. The summed E-state index contributed by atoms with van der Waals surface area (Å²) in [7, 11) is 1.96. The minimum atomic E-state index is -4.43. The SMILES string of the molecule is CN1CCN(c2ccc(C3=NNC(=O)C4C[C@@H]34)cc2C(F)(F)F)CC1. The van der Waals surface area contributed by atoms with Crippen molar-refractivity contribution in [2.75, 3.05) is 38.1 Å². The number of likely N-dealkylation sites (N-methyl/N-ethyl adjacent to an activating group) is 1. The molecule has 134 valence electrons. The van der Waals surface area contributed by atoms with Crippen molar-refractivity contribution < 1.29 is 18.0 Å². The summed E-state index contributed by atoms with van der Waals surface area (Å²) in [6.07, 6.45) is -3.78. The number of hydrogen-bond acceptors (Lipinski definition) is 4. The number of carbonyl (C=O) groups is 1. The topological polar surface area (TPSA) is 47.9 Å². The van der Waals surface area contributed by atoms with Crippen LogP contribution >= 0.6 is 0 Å². The minimum Gasteiger partial charge on any atom is -0.368 e. The fraction of sp³-hybridized carbons (Fsp3) is 0.529. The number of amides is 1. The van der Waals surface area contributed by atoms with E-state index in [1.807, 2.05) is 7.05 Å². The number of anilines is 1. The summed E-state index contributed by atoms with van der Waals surface area (Å²) in [5.41, 5.74) is 3.00. The summed E-state index contributed by atoms with van der Waals surface area (Å²) in [6, 6.07) is 4.41. The molecule has 0 radical (unpaired) electrons. The van der Waals surface area contributed by atoms with E-state index in [0.717, 1.165) is 13.1 Å². The van der Waals surface area contributed by atoms with Crippen molar-refractivity contribution in [3.05, 3.63) is 29.3 Å². The first-order valence-electron chi connectivity index (χ1n) is 8.37. The van der Waals surface area contributed by atoms with E-state index < -0.39 is 11.7 Å². The van der Waals surface area contributed by atoms with Crippen LogP contribution in [0.25, 0.3) is 0 Å². The van der Waals surface area contributed by atoms with Crippen LogP contribution in [0, 0.1) is 11.8 Å². The fourth-order valence-electron chi connectivity index (χ4n) is 3.59. The largest absolute Gasteiger partial charge is 0.418 e. The molecule has 8 heteroatoms. The molecular weight excluding hydrogens is 333 g/mol. The summed E-state index contributed by atoms with van der Waals surface area (Å²) >= 11 is 0. The van der Waals surface area contributed by atoms with E-state index in [2.05, 4.69) is 15.4 Å². The van der Waals surface area contributed by atoms with Gasteiger partial charge >= 0.3 is 6.18 Å². The Bertz CT molecular complexity index is 738. The quantitative estimate of drug-likeness (QED) is 0.885. The van der Waals surface area contributed by atoms with Crippen LogP contribution < -0.4 is 10.3 Å². The molecule has 4 rings (SSSR count). The monoisotopic (exact) mass is 352 g/mol. The Labute approximate surface area is 143 Å². The fourth-order valence-corrected chi connectivity index (χ4v) is 3.59. The summed E-state index contributed by atoms with van der Waals surface area (Å²) in [4.78, 5) is 15.4. The molecule has 25 heavy (non-hydrogen) atoms. The van der Waals surface area contributed by atoms with Gasteiger partial charge in [-0.2, -0.15) is 18.3 Å². The second-order valence-corrected chi connectivity index (χ2v) is 6.94. The smallest absolute Gasteiger partial charge is 0.368 e. The van der Waals surface area contributed by atoms with Crippen LogP contribution in [0.15, 0.2) is 23.3 Å². The molecule has 0 spiro atoms. The highest BCUT2D eigenvalue weighted by atomic mass is 19.4. The summed E-state index contributed by atoms with van der Waals surface area (Å²) in [6.45, 7) is 2.62. The Hall–Kier alpha value is -2.09. The zero-order valence-electron chi connectivity index (χ0n) is 13.8. The number of nitrogens with one attached hydrogen (secondary N) is 1. The Morgan fingerprint density at radius 2 is 1.88 bits per heavy atom. The van der Waals surface area contributed by atoms with Crippen molar-refractivity contribution in [3.63, 3.8) is 0 Å². The normalized spacial score (nSPS) is 26.8. The molecule has 1 saturated carbocycles. The van der Waals surface area contributed by atoms with Crippen LogP contribution in [-0.4, -0.2) is 49.7 Å². The number of fused-ring (bicyclic) bond motifs is 1. The molecule has 1 aromatic carbocycles. The molecule has 0 bridgehead atoms. The zero-order valence-corrected chi connectivity index (χ0v) is 13.8. The molecule has 1 aromatic rings. The molecule has 2 heterocycles. The maximum absolute atomic E-state index is 13.7. The average molecular weight is 352 g/mol.